The first-order chi connectivity index (χ1) is 23.6. The van der Waals surface area contributed by atoms with Crippen LogP contribution in [0.5, 0.6) is 11.5 Å². The molecule has 0 saturated carbocycles. The van der Waals surface area contributed by atoms with Crippen molar-refractivity contribution in [1.29, 1.82) is 0 Å². The van der Waals surface area contributed by atoms with Gasteiger partial charge in [-0.15, -0.1) is 0 Å². The molecule has 0 aliphatic carbocycles. The zero-order valence-corrected chi connectivity index (χ0v) is 29.2. The quantitative estimate of drug-likeness (QED) is 0.156. The average molecular weight is 651 g/mol. The molecule has 4 aromatic carbocycles. The molecule has 0 aliphatic heterocycles. The molecule has 7 rings (SSSR count). The molecule has 0 bridgehead atoms. The summed E-state index contributed by atoms with van der Waals surface area (Å²) >= 11 is 0. The first-order valence-electron chi connectivity index (χ1n) is 17.3. The van der Waals surface area contributed by atoms with Gasteiger partial charge < -0.3 is 4.74 Å². The lowest BCUT2D eigenvalue weighted by Gasteiger charge is -2.19. The Hall–Kier alpha value is -5.23. The van der Waals surface area contributed by atoms with Crippen LogP contribution in [0.25, 0.3) is 44.4 Å². The molecule has 0 unspecified atom stereocenters. The molecular formula is C43H43FN4O. The Kier molecular flexibility index (Phi) is 8.57. The first-order valence-corrected chi connectivity index (χ1v) is 17.3. The Balaban J connectivity index is 1.31. The van der Waals surface area contributed by atoms with Gasteiger partial charge in [-0.05, 0) is 84.7 Å². The molecule has 0 fully saturated rings. The number of fused-ring (bicyclic) bond motifs is 3. The van der Waals surface area contributed by atoms with Crippen molar-refractivity contribution in [3.05, 3.63) is 132 Å². The summed E-state index contributed by atoms with van der Waals surface area (Å²) in [6.45, 7) is 13.3. The minimum absolute atomic E-state index is 0.0940. The van der Waals surface area contributed by atoms with Crippen molar-refractivity contribution in [3.8, 4) is 34.1 Å². The molecule has 0 N–H and O–H groups in total. The van der Waals surface area contributed by atoms with E-state index in [0.29, 0.717) is 11.6 Å². The molecule has 0 aliphatic rings. The van der Waals surface area contributed by atoms with E-state index in [1.807, 2.05) is 34.9 Å². The van der Waals surface area contributed by atoms with Crippen LogP contribution in [-0.4, -0.2) is 19.3 Å². The van der Waals surface area contributed by atoms with Crippen LogP contribution >= 0.6 is 0 Å². The number of hydrogen-bond donors (Lipinski definition) is 0. The standard InChI is InChI=1S/C43H43FN4O/c1-7-9-13-39-42(29-15-17-30(18-16-29)43(4,5)6)37(8-2)46-48(39)32-23-28(3)24-34(26-32)49-33-19-20-36-35-12-10-11-14-38(35)47(40(36)27-33)41-25-31(44)21-22-45-41/h10-12,14-27H,7-9,13H2,1-6H3. The molecule has 0 saturated heterocycles. The van der Waals surface area contributed by atoms with Gasteiger partial charge in [0.2, 0.25) is 0 Å². The number of aromatic nitrogens is 4. The van der Waals surface area contributed by atoms with Gasteiger partial charge in [0.15, 0.2) is 0 Å². The number of ether oxygens (including phenoxy) is 1. The number of pyridine rings is 1. The summed E-state index contributed by atoms with van der Waals surface area (Å²) in [5, 5.41) is 7.34. The minimum Gasteiger partial charge on any atom is -0.457 e. The summed E-state index contributed by atoms with van der Waals surface area (Å²) in [5.74, 6) is 1.61. The monoisotopic (exact) mass is 650 g/mol. The topological polar surface area (TPSA) is 44.9 Å². The molecule has 0 radical (unpaired) electrons. The number of halogens is 1. The smallest absolute Gasteiger partial charge is 0.140 e. The van der Waals surface area contributed by atoms with Crippen molar-refractivity contribution < 1.29 is 9.13 Å². The number of hydrogen-bond acceptors (Lipinski definition) is 3. The molecule has 3 aromatic heterocycles. The zero-order valence-electron chi connectivity index (χ0n) is 29.2. The molecule has 5 nitrogen and oxygen atoms in total. The summed E-state index contributed by atoms with van der Waals surface area (Å²) in [6, 6.07) is 32.4. The molecule has 0 spiro atoms. The van der Waals surface area contributed by atoms with Crippen LogP contribution < -0.4 is 4.74 Å². The number of para-hydroxylation sites is 1. The Morgan fingerprint density at radius 1 is 0.796 bits per heavy atom. The number of aryl methyl sites for hydroxylation is 2. The van der Waals surface area contributed by atoms with Crippen LogP contribution in [0.3, 0.4) is 0 Å². The maximum atomic E-state index is 14.4. The highest BCUT2D eigenvalue weighted by atomic mass is 19.1. The average Bonchev–Trinajstić information content (AvgIpc) is 3.62. The minimum atomic E-state index is -0.330. The normalized spacial score (nSPS) is 11.9. The molecule has 49 heavy (non-hydrogen) atoms. The molecule has 0 atom stereocenters. The molecule has 6 heteroatoms. The fraction of sp³-hybridized carbons (Fsp3) is 0.256. The van der Waals surface area contributed by atoms with Gasteiger partial charge in [0.25, 0.3) is 0 Å². The van der Waals surface area contributed by atoms with Gasteiger partial charge in [0.05, 0.1) is 28.1 Å². The molecular weight excluding hydrogens is 607 g/mol. The highest BCUT2D eigenvalue weighted by Crippen LogP contribution is 2.37. The second kappa shape index (κ2) is 13.0. The van der Waals surface area contributed by atoms with Crippen molar-refractivity contribution in [2.75, 3.05) is 0 Å². The SMILES string of the molecule is CCCCc1c(-c2ccc(C(C)(C)C)cc2)c(CC)nn1-c1cc(C)cc(Oc2ccc3c4ccccc4n(-c4cc(F)ccn4)c3c2)c1. The fourth-order valence-electron chi connectivity index (χ4n) is 6.83. The summed E-state index contributed by atoms with van der Waals surface area (Å²) in [7, 11) is 0. The van der Waals surface area contributed by atoms with Gasteiger partial charge in [0, 0.05) is 40.7 Å². The Labute approximate surface area is 288 Å². The van der Waals surface area contributed by atoms with E-state index >= 15 is 0 Å². The summed E-state index contributed by atoms with van der Waals surface area (Å²) in [4.78, 5) is 4.51. The lowest BCUT2D eigenvalue weighted by atomic mass is 9.86. The van der Waals surface area contributed by atoms with Crippen LogP contribution in [0.4, 0.5) is 4.39 Å². The van der Waals surface area contributed by atoms with E-state index in [1.165, 1.54) is 40.7 Å². The van der Waals surface area contributed by atoms with E-state index in [1.54, 1.807) is 0 Å². The van der Waals surface area contributed by atoms with E-state index in [9.17, 15) is 4.39 Å². The van der Waals surface area contributed by atoms with Gasteiger partial charge in [0.1, 0.15) is 23.1 Å². The maximum absolute atomic E-state index is 14.4. The number of benzene rings is 4. The number of nitrogens with zero attached hydrogens (tertiary/aromatic N) is 4. The number of unbranched alkanes of at least 4 members (excludes halogenated alkanes) is 1. The highest BCUT2D eigenvalue weighted by molar-refractivity contribution is 6.09. The Morgan fingerprint density at radius 2 is 1.57 bits per heavy atom. The van der Waals surface area contributed by atoms with Gasteiger partial charge in [-0.3, -0.25) is 4.57 Å². The lowest BCUT2D eigenvalue weighted by Crippen LogP contribution is -2.10. The van der Waals surface area contributed by atoms with Gasteiger partial charge in [-0.1, -0.05) is 83.5 Å². The van der Waals surface area contributed by atoms with Crippen LogP contribution in [0, 0.1) is 12.7 Å². The zero-order chi connectivity index (χ0) is 34.3. The van der Waals surface area contributed by atoms with Gasteiger partial charge >= 0.3 is 0 Å². The predicted octanol–water partition coefficient (Wildman–Crippen LogP) is 11.5. The summed E-state index contributed by atoms with van der Waals surface area (Å²) < 4.78 is 25.1. The third-order valence-electron chi connectivity index (χ3n) is 9.29. The van der Waals surface area contributed by atoms with Crippen LogP contribution in [0.2, 0.25) is 0 Å². The van der Waals surface area contributed by atoms with Gasteiger partial charge in [-0.2, -0.15) is 5.10 Å². The van der Waals surface area contributed by atoms with E-state index in [0.717, 1.165) is 70.2 Å². The third kappa shape index (κ3) is 6.24. The maximum Gasteiger partial charge on any atom is 0.140 e. The number of rotatable bonds is 9. The highest BCUT2D eigenvalue weighted by Gasteiger charge is 2.22. The first kappa shape index (κ1) is 32.3. The Morgan fingerprint density at radius 3 is 2.31 bits per heavy atom. The van der Waals surface area contributed by atoms with Crippen molar-refractivity contribution in [3.63, 3.8) is 0 Å². The van der Waals surface area contributed by atoms with Crippen LogP contribution in [0.1, 0.15) is 70.0 Å². The molecule has 248 valence electrons. The van der Waals surface area contributed by atoms with Gasteiger partial charge in [-0.25, -0.2) is 14.1 Å². The summed E-state index contributed by atoms with van der Waals surface area (Å²) in [5.41, 5.74) is 10.1. The summed E-state index contributed by atoms with van der Waals surface area (Å²) in [6.07, 6.45) is 5.44. The van der Waals surface area contributed by atoms with Crippen LogP contribution in [0.15, 0.2) is 103 Å². The Bertz CT molecular complexity index is 2290. The van der Waals surface area contributed by atoms with E-state index in [2.05, 4.69) is 106 Å². The van der Waals surface area contributed by atoms with E-state index in [4.69, 9.17) is 9.84 Å². The van der Waals surface area contributed by atoms with E-state index < -0.39 is 0 Å². The largest absolute Gasteiger partial charge is 0.457 e. The predicted molar refractivity (Wildman–Crippen MR) is 199 cm³/mol. The lowest BCUT2D eigenvalue weighted by molar-refractivity contribution is 0.482. The third-order valence-corrected chi connectivity index (χ3v) is 9.29. The molecule has 0 amide bonds. The fourth-order valence-corrected chi connectivity index (χ4v) is 6.83. The second-order valence-electron chi connectivity index (χ2n) is 13.9. The van der Waals surface area contributed by atoms with Crippen LogP contribution in [-0.2, 0) is 18.3 Å². The van der Waals surface area contributed by atoms with Crippen molar-refractivity contribution in [2.24, 2.45) is 0 Å². The van der Waals surface area contributed by atoms with Crippen molar-refractivity contribution in [1.82, 2.24) is 19.3 Å². The van der Waals surface area contributed by atoms with E-state index in [-0.39, 0.29) is 11.2 Å². The second-order valence-corrected chi connectivity index (χ2v) is 13.9. The molecule has 7 aromatic rings. The van der Waals surface area contributed by atoms with Crippen molar-refractivity contribution in [2.45, 2.75) is 72.6 Å². The molecule has 3 heterocycles. The van der Waals surface area contributed by atoms with Crippen molar-refractivity contribution >= 4 is 21.8 Å².